The molecule has 1 fully saturated rings. The predicted octanol–water partition coefficient (Wildman–Crippen LogP) is 3.08. The molecule has 7 nitrogen and oxygen atoms in total. The second-order valence-electron chi connectivity index (χ2n) is 6.86. The second kappa shape index (κ2) is 7.69. The summed E-state index contributed by atoms with van der Waals surface area (Å²) in [5.74, 6) is 0.697. The van der Waals surface area contributed by atoms with Gasteiger partial charge in [0, 0.05) is 29.4 Å². The fourth-order valence-electron chi connectivity index (χ4n) is 3.21. The largest absolute Gasteiger partial charge is 0.383 e. The van der Waals surface area contributed by atoms with E-state index in [1.165, 1.54) is 0 Å². The highest BCUT2D eigenvalue weighted by molar-refractivity contribution is 6.30. The highest BCUT2D eigenvalue weighted by atomic mass is 35.5. The Bertz CT molecular complexity index is 1030. The molecule has 1 saturated heterocycles. The zero-order valence-corrected chi connectivity index (χ0v) is 16.5. The molecule has 4 rings (SSSR count). The number of anilines is 2. The van der Waals surface area contributed by atoms with Gasteiger partial charge in [-0.1, -0.05) is 35.9 Å². The first kappa shape index (κ1) is 19.2. The average molecular weight is 410 g/mol. The van der Waals surface area contributed by atoms with Crippen LogP contribution >= 0.6 is 11.6 Å². The first-order valence-electron chi connectivity index (χ1n) is 9.08. The minimum Gasteiger partial charge on any atom is -0.383 e. The van der Waals surface area contributed by atoms with Crippen LogP contribution in [0.1, 0.15) is 15.9 Å². The predicted molar refractivity (Wildman–Crippen MR) is 113 cm³/mol. The summed E-state index contributed by atoms with van der Waals surface area (Å²) in [6.07, 6.45) is 1.69. The summed E-state index contributed by atoms with van der Waals surface area (Å²) in [6, 6.07) is 14.6. The molecular formula is C21H20ClN5O2. The van der Waals surface area contributed by atoms with E-state index in [-0.39, 0.29) is 5.91 Å². The van der Waals surface area contributed by atoms with E-state index in [4.69, 9.17) is 22.1 Å². The Morgan fingerprint density at radius 3 is 2.38 bits per heavy atom. The molecule has 2 heterocycles. The summed E-state index contributed by atoms with van der Waals surface area (Å²) >= 11 is 5.90. The van der Waals surface area contributed by atoms with Crippen molar-refractivity contribution >= 4 is 29.3 Å². The van der Waals surface area contributed by atoms with Gasteiger partial charge in [-0.2, -0.15) is 4.98 Å². The van der Waals surface area contributed by atoms with Crippen molar-refractivity contribution < 1.29 is 9.53 Å². The number of carbonyl (C=O) groups is 1. The van der Waals surface area contributed by atoms with Crippen LogP contribution in [0.4, 0.5) is 11.8 Å². The molecule has 0 spiro atoms. The second-order valence-corrected chi connectivity index (χ2v) is 7.29. The van der Waals surface area contributed by atoms with E-state index < -0.39 is 5.54 Å². The maximum atomic E-state index is 12.7. The highest BCUT2D eigenvalue weighted by Gasteiger charge is 2.42. The summed E-state index contributed by atoms with van der Waals surface area (Å²) in [6.45, 7) is 0.821. The lowest BCUT2D eigenvalue weighted by molar-refractivity contribution is -0.0733. The van der Waals surface area contributed by atoms with Crippen molar-refractivity contribution in [2.24, 2.45) is 0 Å². The minimum absolute atomic E-state index is 0.172. The summed E-state index contributed by atoms with van der Waals surface area (Å²) in [5, 5.41) is 6.55. The Hall–Kier alpha value is -3.16. The standard InChI is InChI=1S/C21H20ClN5O2/c1-24-20-25-10-17(18(23)26-20)13-2-6-15(7-3-13)21(11-29-12-21)27-19(28)14-4-8-16(22)9-5-14/h2-10H,11-12H2,1H3,(H,27,28)(H3,23,24,25,26). The molecule has 0 atom stereocenters. The first-order chi connectivity index (χ1) is 14.0. The topological polar surface area (TPSA) is 102 Å². The average Bonchev–Trinajstić information content (AvgIpc) is 2.71. The molecule has 0 aliphatic carbocycles. The molecular weight excluding hydrogens is 390 g/mol. The maximum Gasteiger partial charge on any atom is 0.252 e. The first-order valence-corrected chi connectivity index (χ1v) is 9.45. The number of nitrogens with one attached hydrogen (secondary N) is 2. The fraction of sp³-hybridized carbons (Fsp3) is 0.190. The van der Waals surface area contributed by atoms with E-state index in [0.29, 0.717) is 35.6 Å². The number of nitrogen functional groups attached to an aromatic ring is 1. The van der Waals surface area contributed by atoms with Gasteiger partial charge in [-0.3, -0.25) is 4.79 Å². The van der Waals surface area contributed by atoms with Gasteiger partial charge in [0.15, 0.2) is 0 Å². The van der Waals surface area contributed by atoms with Gasteiger partial charge in [-0.15, -0.1) is 0 Å². The van der Waals surface area contributed by atoms with Gasteiger partial charge in [0.2, 0.25) is 5.95 Å². The van der Waals surface area contributed by atoms with Crippen LogP contribution in [0.15, 0.2) is 54.7 Å². The van der Waals surface area contributed by atoms with Crippen molar-refractivity contribution in [3.63, 3.8) is 0 Å². The van der Waals surface area contributed by atoms with Crippen molar-refractivity contribution in [1.29, 1.82) is 0 Å². The van der Waals surface area contributed by atoms with Gasteiger partial charge in [0.05, 0.1) is 13.2 Å². The van der Waals surface area contributed by atoms with E-state index in [1.807, 2.05) is 24.3 Å². The van der Waals surface area contributed by atoms with E-state index in [0.717, 1.165) is 16.7 Å². The number of hydrogen-bond acceptors (Lipinski definition) is 6. The third-order valence-electron chi connectivity index (χ3n) is 4.95. The lowest BCUT2D eigenvalue weighted by atomic mass is 9.86. The number of rotatable bonds is 5. The van der Waals surface area contributed by atoms with E-state index >= 15 is 0 Å². The van der Waals surface area contributed by atoms with Gasteiger partial charge >= 0.3 is 0 Å². The van der Waals surface area contributed by atoms with Gasteiger partial charge in [0.1, 0.15) is 11.4 Å². The summed E-state index contributed by atoms with van der Waals surface area (Å²) in [5.41, 5.74) is 8.65. The lowest BCUT2D eigenvalue weighted by Crippen LogP contribution is -2.59. The lowest BCUT2D eigenvalue weighted by Gasteiger charge is -2.42. The van der Waals surface area contributed by atoms with Crippen LogP contribution in [0, 0.1) is 0 Å². The third kappa shape index (κ3) is 3.74. The molecule has 1 aliphatic heterocycles. The maximum absolute atomic E-state index is 12.7. The van der Waals surface area contributed by atoms with Crippen molar-refractivity contribution in [1.82, 2.24) is 15.3 Å². The molecule has 3 aromatic rings. The fourth-order valence-corrected chi connectivity index (χ4v) is 3.34. The SMILES string of the molecule is CNc1ncc(-c2ccc(C3(NC(=O)c4ccc(Cl)cc4)COC3)cc2)c(N)n1. The summed E-state index contributed by atoms with van der Waals surface area (Å²) < 4.78 is 5.43. The van der Waals surface area contributed by atoms with Crippen LogP contribution in [0.3, 0.4) is 0 Å². The molecule has 1 aliphatic rings. The Balaban J connectivity index is 1.56. The molecule has 1 aromatic heterocycles. The number of carbonyl (C=O) groups excluding carboxylic acids is 1. The zero-order valence-electron chi connectivity index (χ0n) is 15.8. The Labute approximate surface area is 173 Å². The number of ether oxygens (including phenoxy) is 1. The van der Waals surface area contributed by atoms with Gasteiger partial charge in [-0.25, -0.2) is 4.98 Å². The normalized spacial score (nSPS) is 14.7. The van der Waals surface area contributed by atoms with Gasteiger partial charge in [0.25, 0.3) is 5.91 Å². The number of amides is 1. The molecule has 148 valence electrons. The molecule has 0 bridgehead atoms. The molecule has 2 aromatic carbocycles. The monoisotopic (exact) mass is 409 g/mol. The Morgan fingerprint density at radius 2 is 1.83 bits per heavy atom. The third-order valence-corrected chi connectivity index (χ3v) is 5.20. The summed E-state index contributed by atoms with van der Waals surface area (Å²) in [7, 11) is 1.74. The number of hydrogen-bond donors (Lipinski definition) is 3. The molecule has 8 heteroatoms. The number of aromatic nitrogens is 2. The minimum atomic E-state index is -0.562. The molecule has 4 N–H and O–H groups in total. The van der Waals surface area contributed by atoms with Crippen LogP contribution in [-0.4, -0.2) is 36.1 Å². The van der Waals surface area contributed by atoms with Crippen molar-refractivity contribution in [3.05, 3.63) is 70.9 Å². The number of nitrogens with two attached hydrogens (primary N) is 1. The number of benzene rings is 2. The van der Waals surface area contributed by atoms with Crippen molar-refractivity contribution in [3.8, 4) is 11.1 Å². The molecule has 0 unspecified atom stereocenters. The van der Waals surface area contributed by atoms with Crippen LogP contribution < -0.4 is 16.4 Å². The molecule has 29 heavy (non-hydrogen) atoms. The van der Waals surface area contributed by atoms with Gasteiger partial charge in [-0.05, 0) is 35.4 Å². The Morgan fingerprint density at radius 1 is 1.14 bits per heavy atom. The molecule has 0 saturated carbocycles. The molecule has 1 amide bonds. The van der Waals surface area contributed by atoms with E-state index in [1.54, 1.807) is 37.5 Å². The Kier molecular flexibility index (Phi) is 5.08. The summed E-state index contributed by atoms with van der Waals surface area (Å²) in [4.78, 5) is 21.1. The smallest absolute Gasteiger partial charge is 0.252 e. The van der Waals surface area contributed by atoms with Crippen molar-refractivity contribution in [2.45, 2.75) is 5.54 Å². The van der Waals surface area contributed by atoms with Crippen LogP contribution in [0.2, 0.25) is 5.02 Å². The van der Waals surface area contributed by atoms with Crippen molar-refractivity contribution in [2.75, 3.05) is 31.3 Å². The van der Waals surface area contributed by atoms with E-state index in [9.17, 15) is 4.79 Å². The highest BCUT2D eigenvalue weighted by Crippen LogP contribution is 2.32. The van der Waals surface area contributed by atoms with Gasteiger partial charge < -0.3 is 21.1 Å². The van der Waals surface area contributed by atoms with E-state index in [2.05, 4.69) is 20.6 Å². The van der Waals surface area contributed by atoms with Crippen LogP contribution in [0.25, 0.3) is 11.1 Å². The number of nitrogens with zero attached hydrogens (tertiary/aromatic N) is 2. The zero-order chi connectivity index (χ0) is 20.4. The quantitative estimate of drug-likeness (QED) is 0.598. The molecule has 0 radical (unpaired) electrons. The van der Waals surface area contributed by atoms with Crippen LogP contribution in [-0.2, 0) is 10.3 Å². The number of halogens is 1. The van der Waals surface area contributed by atoms with Crippen LogP contribution in [0.5, 0.6) is 0 Å².